The number of benzene rings is 2. The minimum absolute atomic E-state index is 0.00605. The second-order valence-corrected chi connectivity index (χ2v) is 10.7. The van der Waals surface area contributed by atoms with Gasteiger partial charge in [-0.3, -0.25) is 4.68 Å². The molecule has 9 heteroatoms. The van der Waals surface area contributed by atoms with Gasteiger partial charge in [0.1, 0.15) is 11.6 Å². The standard InChI is InChI=1S/C30H32N6O3/c1-19-27(20(2)39-34-19)22-10-11-25-24(14-22)29(36-12-13-38-17-26(36)21-8-6-5-7-9-21)33-28(32-25)23-15-31-35(16-23)18-30(3,4)37/h5-11,14-16,26,37H,12-13,17-18H2,1-4H3/t26-/m1/s1. The van der Waals surface area contributed by atoms with Crippen molar-refractivity contribution in [3.8, 4) is 22.5 Å². The number of nitrogens with zero attached hydrogens (tertiary/aromatic N) is 6. The van der Waals surface area contributed by atoms with Gasteiger partial charge in [-0.2, -0.15) is 5.10 Å². The highest BCUT2D eigenvalue weighted by Gasteiger charge is 2.28. The molecule has 200 valence electrons. The van der Waals surface area contributed by atoms with Gasteiger partial charge in [-0.05, 0) is 51.0 Å². The minimum atomic E-state index is -0.885. The molecule has 3 aromatic heterocycles. The van der Waals surface area contributed by atoms with Crippen LogP contribution in [0.1, 0.15) is 36.9 Å². The predicted octanol–water partition coefficient (Wildman–Crippen LogP) is 5.11. The highest BCUT2D eigenvalue weighted by atomic mass is 16.5. The maximum absolute atomic E-state index is 10.3. The molecule has 0 spiro atoms. The van der Waals surface area contributed by atoms with E-state index in [1.165, 1.54) is 5.56 Å². The second-order valence-electron chi connectivity index (χ2n) is 10.7. The number of aryl methyl sites for hydroxylation is 2. The number of aliphatic hydroxyl groups is 1. The lowest BCUT2D eigenvalue weighted by Gasteiger charge is -2.37. The molecule has 1 atom stereocenters. The molecule has 0 radical (unpaired) electrons. The van der Waals surface area contributed by atoms with Gasteiger partial charge >= 0.3 is 0 Å². The smallest absolute Gasteiger partial charge is 0.165 e. The summed E-state index contributed by atoms with van der Waals surface area (Å²) in [5, 5.41) is 19.8. The molecule has 1 aliphatic heterocycles. The highest BCUT2D eigenvalue weighted by Crippen LogP contribution is 2.37. The molecule has 0 amide bonds. The van der Waals surface area contributed by atoms with Crippen molar-refractivity contribution >= 4 is 16.7 Å². The van der Waals surface area contributed by atoms with E-state index < -0.39 is 5.60 Å². The number of rotatable bonds is 6. The Balaban J connectivity index is 1.52. The van der Waals surface area contributed by atoms with Crippen LogP contribution in [0.4, 0.5) is 5.82 Å². The summed E-state index contributed by atoms with van der Waals surface area (Å²) in [6, 6.07) is 16.6. The van der Waals surface area contributed by atoms with Crippen LogP contribution in [0.2, 0.25) is 0 Å². The van der Waals surface area contributed by atoms with Crippen LogP contribution in [0.25, 0.3) is 33.4 Å². The molecule has 6 rings (SSSR count). The quantitative estimate of drug-likeness (QED) is 0.327. The fourth-order valence-electron chi connectivity index (χ4n) is 5.28. The first-order valence-corrected chi connectivity index (χ1v) is 13.2. The average molecular weight is 525 g/mol. The number of ether oxygens (including phenoxy) is 1. The SMILES string of the molecule is Cc1noc(C)c1-c1ccc2nc(-c3cnn(CC(C)(C)O)c3)nc(N3CCOC[C@@H]3c3ccccc3)c2c1. The van der Waals surface area contributed by atoms with Gasteiger partial charge in [0.15, 0.2) is 5.82 Å². The normalized spacial score (nSPS) is 16.2. The third-order valence-corrected chi connectivity index (χ3v) is 7.02. The zero-order valence-electron chi connectivity index (χ0n) is 22.6. The van der Waals surface area contributed by atoms with Crippen LogP contribution in [0.15, 0.2) is 65.4 Å². The Bertz CT molecular complexity index is 1600. The summed E-state index contributed by atoms with van der Waals surface area (Å²) in [4.78, 5) is 12.4. The van der Waals surface area contributed by atoms with Crippen molar-refractivity contribution in [1.82, 2.24) is 24.9 Å². The van der Waals surface area contributed by atoms with Crippen LogP contribution in [0.3, 0.4) is 0 Å². The number of anilines is 1. The van der Waals surface area contributed by atoms with Crippen molar-refractivity contribution < 1.29 is 14.4 Å². The van der Waals surface area contributed by atoms with Gasteiger partial charge in [0.2, 0.25) is 0 Å². The van der Waals surface area contributed by atoms with E-state index in [2.05, 4.69) is 51.6 Å². The number of morpholine rings is 1. The summed E-state index contributed by atoms with van der Waals surface area (Å²) in [6.07, 6.45) is 3.64. The molecule has 0 bridgehead atoms. The summed E-state index contributed by atoms with van der Waals surface area (Å²) >= 11 is 0. The number of aromatic nitrogens is 5. The van der Waals surface area contributed by atoms with E-state index in [0.717, 1.165) is 44.9 Å². The van der Waals surface area contributed by atoms with Crippen LogP contribution in [0, 0.1) is 13.8 Å². The fourth-order valence-corrected chi connectivity index (χ4v) is 5.28. The van der Waals surface area contributed by atoms with E-state index in [-0.39, 0.29) is 6.04 Å². The van der Waals surface area contributed by atoms with Gasteiger partial charge in [-0.1, -0.05) is 41.6 Å². The molecule has 9 nitrogen and oxygen atoms in total. The zero-order chi connectivity index (χ0) is 27.1. The van der Waals surface area contributed by atoms with E-state index in [0.29, 0.717) is 32.1 Å². The Labute approximate surface area is 227 Å². The largest absolute Gasteiger partial charge is 0.389 e. The van der Waals surface area contributed by atoms with Crippen molar-refractivity contribution in [2.75, 3.05) is 24.7 Å². The number of hydrogen-bond donors (Lipinski definition) is 1. The Morgan fingerprint density at radius 2 is 1.87 bits per heavy atom. The van der Waals surface area contributed by atoms with E-state index in [1.54, 1.807) is 24.7 Å². The van der Waals surface area contributed by atoms with E-state index >= 15 is 0 Å². The van der Waals surface area contributed by atoms with Crippen molar-refractivity contribution in [3.05, 3.63) is 77.9 Å². The lowest BCUT2D eigenvalue weighted by Crippen LogP contribution is -2.40. The van der Waals surface area contributed by atoms with Gasteiger partial charge in [-0.15, -0.1) is 0 Å². The van der Waals surface area contributed by atoms with Crippen molar-refractivity contribution in [3.63, 3.8) is 0 Å². The molecule has 0 unspecified atom stereocenters. The molecule has 39 heavy (non-hydrogen) atoms. The summed E-state index contributed by atoms with van der Waals surface area (Å²) in [5.41, 5.74) is 4.76. The maximum atomic E-state index is 10.3. The van der Waals surface area contributed by atoms with Gasteiger partial charge < -0.3 is 19.3 Å². The molecule has 1 saturated heterocycles. The monoisotopic (exact) mass is 524 g/mol. The number of hydrogen-bond acceptors (Lipinski definition) is 8. The lowest BCUT2D eigenvalue weighted by atomic mass is 10.0. The second kappa shape index (κ2) is 9.91. The molecule has 1 aliphatic rings. The van der Waals surface area contributed by atoms with Gasteiger partial charge in [0, 0.05) is 23.7 Å². The first kappa shape index (κ1) is 25.2. The summed E-state index contributed by atoms with van der Waals surface area (Å²) in [6.45, 7) is 9.64. The van der Waals surface area contributed by atoms with Crippen molar-refractivity contribution in [1.29, 1.82) is 0 Å². The first-order chi connectivity index (χ1) is 18.8. The maximum Gasteiger partial charge on any atom is 0.165 e. The van der Waals surface area contributed by atoms with E-state index in [9.17, 15) is 5.11 Å². The molecule has 4 heterocycles. The molecule has 0 aliphatic carbocycles. The van der Waals surface area contributed by atoms with Crippen LogP contribution in [-0.4, -0.2) is 55.4 Å². The predicted molar refractivity (Wildman–Crippen MR) is 149 cm³/mol. The van der Waals surface area contributed by atoms with Crippen molar-refractivity contribution in [2.45, 2.75) is 45.9 Å². The summed E-state index contributed by atoms with van der Waals surface area (Å²) < 4.78 is 13.1. The molecule has 1 N–H and O–H groups in total. The first-order valence-electron chi connectivity index (χ1n) is 13.2. The molecular weight excluding hydrogens is 492 g/mol. The Kier molecular flexibility index (Phi) is 6.40. The highest BCUT2D eigenvalue weighted by molar-refractivity contribution is 5.95. The number of fused-ring (bicyclic) bond motifs is 1. The topological polar surface area (TPSA) is 102 Å². The molecule has 1 fully saturated rings. The van der Waals surface area contributed by atoms with E-state index in [1.807, 2.05) is 32.2 Å². The third-order valence-electron chi connectivity index (χ3n) is 7.02. The van der Waals surface area contributed by atoms with E-state index in [4.69, 9.17) is 19.2 Å². The average Bonchev–Trinajstić information content (AvgIpc) is 3.52. The summed E-state index contributed by atoms with van der Waals surface area (Å²) in [7, 11) is 0. The molecule has 5 aromatic rings. The molecule has 0 saturated carbocycles. The van der Waals surface area contributed by atoms with Gasteiger partial charge in [-0.25, -0.2) is 9.97 Å². The minimum Gasteiger partial charge on any atom is -0.389 e. The fraction of sp³-hybridized carbons (Fsp3) is 0.333. The Morgan fingerprint density at radius 3 is 2.62 bits per heavy atom. The summed E-state index contributed by atoms with van der Waals surface area (Å²) in [5.74, 6) is 2.21. The van der Waals surface area contributed by atoms with Gasteiger partial charge in [0.05, 0.1) is 54.4 Å². The van der Waals surface area contributed by atoms with Gasteiger partial charge in [0.25, 0.3) is 0 Å². The van der Waals surface area contributed by atoms with Crippen LogP contribution >= 0.6 is 0 Å². The molecule has 2 aromatic carbocycles. The Hall–Kier alpha value is -4.08. The molecular formula is C30H32N6O3. The van der Waals surface area contributed by atoms with Crippen LogP contribution < -0.4 is 4.90 Å². The van der Waals surface area contributed by atoms with Crippen LogP contribution in [-0.2, 0) is 11.3 Å². The van der Waals surface area contributed by atoms with Crippen molar-refractivity contribution in [2.24, 2.45) is 0 Å². The van der Waals surface area contributed by atoms with Crippen LogP contribution in [0.5, 0.6) is 0 Å². The lowest BCUT2D eigenvalue weighted by molar-refractivity contribution is 0.0577. The Morgan fingerprint density at radius 1 is 1.05 bits per heavy atom. The zero-order valence-corrected chi connectivity index (χ0v) is 22.6. The third kappa shape index (κ3) is 5.03.